The van der Waals surface area contributed by atoms with Crippen molar-refractivity contribution < 1.29 is 9.59 Å². The van der Waals surface area contributed by atoms with Crippen LogP contribution in [0.15, 0.2) is 12.2 Å². The third-order valence-electron chi connectivity index (χ3n) is 3.19. The van der Waals surface area contributed by atoms with Gasteiger partial charge in [-0.15, -0.1) is 0 Å². The molecule has 2 saturated heterocycles. The van der Waals surface area contributed by atoms with E-state index in [-0.39, 0.29) is 23.8 Å². The molecule has 4 heteroatoms. The summed E-state index contributed by atoms with van der Waals surface area (Å²) in [5.74, 6) is 0.162. The van der Waals surface area contributed by atoms with Crippen molar-refractivity contribution in [3.63, 3.8) is 0 Å². The van der Waals surface area contributed by atoms with Gasteiger partial charge in [-0.05, 0) is 25.8 Å². The molecular formula is C11H16N2O2. The first-order valence-electron chi connectivity index (χ1n) is 5.45. The number of rotatable bonds is 1. The van der Waals surface area contributed by atoms with Crippen LogP contribution in [0.3, 0.4) is 0 Å². The maximum atomic E-state index is 11.7. The molecule has 2 heterocycles. The standard InChI is InChI=1S/C11H16N2O2/c1-2-4-10(14)13-6-3-5-8-9(13)7-12-11(8)15/h2,4,8-9H,3,5-7H2,1H3,(H,12,15)/b4-2+. The molecule has 2 atom stereocenters. The molecule has 0 saturated carbocycles. The van der Waals surface area contributed by atoms with Crippen LogP contribution in [0.5, 0.6) is 0 Å². The van der Waals surface area contributed by atoms with Gasteiger partial charge in [0.1, 0.15) is 0 Å². The smallest absolute Gasteiger partial charge is 0.246 e. The Labute approximate surface area is 89.3 Å². The molecule has 4 nitrogen and oxygen atoms in total. The van der Waals surface area contributed by atoms with E-state index in [0.717, 1.165) is 19.4 Å². The lowest BCUT2D eigenvalue weighted by Crippen LogP contribution is -2.48. The molecule has 2 amide bonds. The maximum absolute atomic E-state index is 11.7. The molecule has 0 aromatic heterocycles. The van der Waals surface area contributed by atoms with Gasteiger partial charge in [0.15, 0.2) is 0 Å². The molecule has 2 aliphatic heterocycles. The van der Waals surface area contributed by atoms with E-state index in [1.54, 1.807) is 12.2 Å². The van der Waals surface area contributed by atoms with Crippen molar-refractivity contribution in [2.45, 2.75) is 25.8 Å². The monoisotopic (exact) mass is 208 g/mol. The summed E-state index contributed by atoms with van der Waals surface area (Å²) in [6.45, 7) is 3.23. The van der Waals surface area contributed by atoms with Crippen LogP contribution in [0, 0.1) is 5.92 Å². The molecule has 2 unspecified atom stereocenters. The second-order valence-electron chi connectivity index (χ2n) is 4.09. The summed E-state index contributed by atoms with van der Waals surface area (Å²) in [5, 5.41) is 2.83. The van der Waals surface area contributed by atoms with Crippen molar-refractivity contribution in [2.75, 3.05) is 13.1 Å². The fourth-order valence-electron chi connectivity index (χ4n) is 2.46. The maximum Gasteiger partial charge on any atom is 0.246 e. The normalized spacial score (nSPS) is 30.5. The van der Waals surface area contributed by atoms with Crippen LogP contribution >= 0.6 is 0 Å². The highest BCUT2D eigenvalue weighted by Crippen LogP contribution is 2.27. The van der Waals surface area contributed by atoms with Crippen LogP contribution in [0.1, 0.15) is 19.8 Å². The molecule has 0 aliphatic carbocycles. The van der Waals surface area contributed by atoms with E-state index in [0.29, 0.717) is 6.54 Å². The molecule has 0 spiro atoms. The predicted octanol–water partition coefficient (Wildman–Crippen LogP) is 0.299. The van der Waals surface area contributed by atoms with Gasteiger partial charge in [0.2, 0.25) is 11.8 Å². The van der Waals surface area contributed by atoms with Gasteiger partial charge in [-0.3, -0.25) is 9.59 Å². The Morgan fingerprint density at radius 3 is 3.13 bits per heavy atom. The van der Waals surface area contributed by atoms with Gasteiger partial charge in [0.05, 0.1) is 12.0 Å². The Morgan fingerprint density at radius 1 is 1.60 bits per heavy atom. The van der Waals surface area contributed by atoms with Gasteiger partial charge in [-0.2, -0.15) is 0 Å². The van der Waals surface area contributed by atoms with E-state index in [4.69, 9.17) is 0 Å². The summed E-state index contributed by atoms with van der Waals surface area (Å²) in [6.07, 6.45) is 5.16. The zero-order valence-corrected chi connectivity index (χ0v) is 8.90. The molecule has 0 aromatic carbocycles. The van der Waals surface area contributed by atoms with Crippen LogP contribution in [-0.4, -0.2) is 35.8 Å². The molecule has 0 bridgehead atoms. The molecule has 1 N–H and O–H groups in total. The van der Waals surface area contributed by atoms with Crippen molar-refractivity contribution in [1.29, 1.82) is 0 Å². The van der Waals surface area contributed by atoms with Crippen molar-refractivity contribution in [3.8, 4) is 0 Å². The lowest BCUT2D eigenvalue weighted by Gasteiger charge is -2.35. The number of carbonyl (C=O) groups is 2. The number of carbonyl (C=O) groups excluding carboxylic acids is 2. The molecule has 2 fully saturated rings. The summed E-state index contributed by atoms with van der Waals surface area (Å²) in [4.78, 5) is 25.0. The molecule has 2 aliphatic rings. The number of piperidine rings is 1. The lowest BCUT2D eigenvalue weighted by molar-refractivity contribution is -0.132. The average molecular weight is 208 g/mol. The SMILES string of the molecule is C/C=C/C(=O)N1CCCC2C(=O)NCC21. The van der Waals surface area contributed by atoms with Crippen LogP contribution in [0.2, 0.25) is 0 Å². The lowest BCUT2D eigenvalue weighted by atomic mass is 9.91. The summed E-state index contributed by atoms with van der Waals surface area (Å²) < 4.78 is 0. The summed E-state index contributed by atoms with van der Waals surface area (Å²) in [5.41, 5.74) is 0. The third-order valence-corrected chi connectivity index (χ3v) is 3.19. The van der Waals surface area contributed by atoms with E-state index in [1.807, 2.05) is 11.8 Å². The van der Waals surface area contributed by atoms with Crippen molar-refractivity contribution in [1.82, 2.24) is 10.2 Å². The molecule has 15 heavy (non-hydrogen) atoms. The molecule has 2 rings (SSSR count). The van der Waals surface area contributed by atoms with Gasteiger partial charge in [-0.1, -0.05) is 6.08 Å². The summed E-state index contributed by atoms with van der Waals surface area (Å²) >= 11 is 0. The first-order chi connectivity index (χ1) is 7.24. The van der Waals surface area contributed by atoms with Crippen molar-refractivity contribution in [3.05, 3.63) is 12.2 Å². The van der Waals surface area contributed by atoms with Crippen LogP contribution in [-0.2, 0) is 9.59 Å². The Balaban J connectivity index is 2.13. The van der Waals surface area contributed by atoms with Crippen molar-refractivity contribution in [2.24, 2.45) is 5.92 Å². The molecule has 0 radical (unpaired) electrons. The van der Waals surface area contributed by atoms with Crippen molar-refractivity contribution >= 4 is 11.8 Å². The van der Waals surface area contributed by atoms with Gasteiger partial charge in [0.25, 0.3) is 0 Å². The minimum Gasteiger partial charge on any atom is -0.354 e. The topological polar surface area (TPSA) is 49.4 Å². The minimum atomic E-state index is 0.0213. The van der Waals surface area contributed by atoms with Gasteiger partial charge < -0.3 is 10.2 Å². The van der Waals surface area contributed by atoms with Crippen LogP contribution < -0.4 is 5.32 Å². The van der Waals surface area contributed by atoms with E-state index in [2.05, 4.69) is 5.32 Å². The number of hydrogen-bond donors (Lipinski definition) is 1. The molecular weight excluding hydrogens is 192 g/mol. The van der Waals surface area contributed by atoms with Gasteiger partial charge >= 0.3 is 0 Å². The van der Waals surface area contributed by atoms with E-state index < -0.39 is 0 Å². The first-order valence-corrected chi connectivity index (χ1v) is 5.45. The second kappa shape index (κ2) is 4.04. The largest absolute Gasteiger partial charge is 0.354 e. The summed E-state index contributed by atoms with van der Waals surface area (Å²) in [6, 6.07) is 0.0787. The fraction of sp³-hybridized carbons (Fsp3) is 0.636. The van der Waals surface area contributed by atoms with Gasteiger partial charge in [-0.25, -0.2) is 0 Å². The Morgan fingerprint density at radius 2 is 2.40 bits per heavy atom. The van der Waals surface area contributed by atoms with Crippen LogP contribution in [0.4, 0.5) is 0 Å². The zero-order chi connectivity index (χ0) is 10.8. The minimum absolute atomic E-state index is 0.0213. The number of allylic oxidation sites excluding steroid dienone is 1. The highest BCUT2D eigenvalue weighted by atomic mass is 16.2. The quantitative estimate of drug-likeness (QED) is 0.630. The molecule has 82 valence electrons. The first kappa shape index (κ1) is 10.2. The number of nitrogens with zero attached hydrogens (tertiary/aromatic N) is 1. The average Bonchev–Trinajstić information content (AvgIpc) is 2.61. The highest BCUT2D eigenvalue weighted by molar-refractivity contribution is 5.90. The Hall–Kier alpha value is -1.32. The van der Waals surface area contributed by atoms with E-state index >= 15 is 0 Å². The van der Waals surface area contributed by atoms with E-state index in [1.165, 1.54) is 0 Å². The number of likely N-dealkylation sites (tertiary alicyclic amines) is 1. The number of nitrogens with one attached hydrogen (secondary N) is 1. The fourth-order valence-corrected chi connectivity index (χ4v) is 2.46. The predicted molar refractivity (Wildman–Crippen MR) is 56.0 cm³/mol. The van der Waals surface area contributed by atoms with E-state index in [9.17, 15) is 9.59 Å². The zero-order valence-electron chi connectivity index (χ0n) is 8.90. The van der Waals surface area contributed by atoms with Crippen LogP contribution in [0.25, 0.3) is 0 Å². The molecule has 0 aromatic rings. The number of fused-ring (bicyclic) bond motifs is 1. The number of amides is 2. The second-order valence-corrected chi connectivity index (χ2v) is 4.09. The summed E-state index contributed by atoms with van der Waals surface area (Å²) in [7, 11) is 0. The third kappa shape index (κ3) is 1.76. The highest BCUT2D eigenvalue weighted by Gasteiger charge is 2.41. The Bertz CT molecular complexity index is 312. The Kier molecular flexibility index (Phi) is 2.75. The number of hydrogen-bond acceptors (Lipinski definition) is 2. The van der Waals surface area contributed by atoms with Gasteiger partial charge in [0, 0.05) is 13.1 Å².